The highest BCUT2D eigenvalue weighted by Crippen LogP contribution is 2.34. The average molecular weight is 459 g/mol. The number of carbonyl (C=O) groups excluding carboxylic acids is 1. The number of nitrogens with zero attached hydrogens (tertiary/aromatic N) is 3. The van der Waals surface area contributed by atoms with Gasteiger partial charge in [0.05, 0.1) is 17.5 Å². The summed E-state index contributed by atoms with van der Waals surface area (Å²) in [6.07, 6.45) is 1.73. The number of fused-ring (bicyclic) bond motifs is 2. The Balaban J connectivity index is 1.59. The molecule has 32 heavy (non-hydrogen) atoms. The minimum Gasteiger partial charge on any atom is -0.408 e. The summed E-state index contributed by atoms with van der Waals surface area (Å²) >= 11 is 0. The van der Waals surface area contributed by atoms with E-state index in [1.54, 1.807) is 41.0 Å². The first-order valence-electron chi connectivity index (χ1n) is 10.3. The van der Waals surface area contributed by atoms with E-state index in [9.17, 15) is 18.0 Å². The smallest absolute Gasteiger partial charge is 0.408 e. The van der Waals surface area contributed by atoms with E-state index in [1.165, 1.54) is 10.6 Å². The second-order valence-electron chi connectivity index (χ2n) is 8.41. The highest BCUT2D eigenvalue weighted by atomic mass is 32.2. The Morgan fingerprint density at radius 2 is 1.97 bits per heavy atom. The highest BCUT2D eigenvalue weighted by molar-refractivity contribution is 7.92. The lowest BCUT2D eigenvalue weighted by Crippen LogP contribution is -2.34. The van der Waals surface area contributed by atoms with Gasteiger partial charge in [-0.15, -0.1) is 0 Å². The first kappa shape index (κ1) is 22.1. The third-order valence-electron chi connectivity index (χ3n) is 5.55. The van der Waals surface area contributed by atoms with E-state index in [0.717, 1.165) is 5.56 Å². The predicted octanol–water partition coefficient (Wildman–Crippen LogP) is 2.12. The van der Waals surface area contributed by atoms with Gasteiger partial charge >= 0.3 is 5.76 Å². The van der Waals surface area contributed by atoms with Gasteiger partial charge in [-0.3, -0.25) is 13.7 Å². The van der Waals surface area contributed by atoms with Crippen molar-refractivity contribution in [3.05, 3.63) is 58.1 Å². The zero-order valence-electron chi connectivity index (χ0n) is 18.5. The van der Waals surface area contributed by atoms with Crippen LogP contribution in [0.15, 0.2) is 45.6 Å². The third kappa shape index (κ3) is 4.15. The molecule has 0 radical (unpaired) electrons. The molecule has 1 amide bonds. The number of hydrogen-bond donors (Lipinski definition) is 1. The van der Waals surface area contributed by atoms with Crippen LogP contribution in [-0.2, 0) is 23.0 Å². The summed E-state index contributed by atoms with van der Waals surface area (Å²) in [5, 5.41) is 2.86. The molecule has 3 aromatic rings. The molecule has 1 N–H and O–H groups in total. The molecular formula is C22H26N4O5S. The van der Waals surface area contributed by atoms with E-state index in [0.29, 0.717) is 47.5 Å². The Bertz CT molecular complexity index is 1360. The number of aromatic nitrogens is 1. The van der Waals surface area contributed by atoms with E-state index in [2.05, 4.69) is 5.32 Å². The van der Waals surface area contributed by atoms with Crippen LogP contribution in [0.4, 0.5) is 11.4 Å². The van der Waals surface area contributed by atoms with E-state index in [-0.39, 0.29) is 11.9 Å². The number of nitrogens with one attached hydrogen (secondary N) is 1. The first-order valence-corrected chi connectivity index (χ1v) is 12.1. The van der Waals surface area contributed by atoms with Crippen molar-refractivity contribution in [1.82, 2.24) is 9.47 Å². The number of oxazole rings is 1. The van der Waals surface area contributed by atoms with E-state index < -0.39 is 15.8 Å². The maximum absolute atomic E-state index is 12.9. The highest BCUT2D eigenvalue weighted by Gasteiger charge is 2.32. The van der Waals surface area contributed by atoms with Crippen LogP contribution in [0.2, 0.25) is 0 Å². The van der Waals surface area contributed by atoms with Gasteiger partial charge in [-0.1, -0.05) is 0 Å². The summed E-state index contributed by atoms with van der Waals surface area (Å²) in [6.45, 7) is 2.98. The average Bonchev–Trinajstić information content (AvgIpc) is 3.20. The summed E-state index contributed by atoms with van der Waals surface area (Å²) in [7, 11) is 0.457. The van der Waals surface area contributed by atoms with Crippen molar-refractivity contribution in [2.75, 3.05) is 36.5 Å². The van der Waals surface area contributed by atoms with Gasteiger partial charge in [0.15, 0.2) is 5.58 Å². The van der Waals surface area contributed by atoms with Crippen LogP contribution in [0.1, 0.15) is 22.8 Å². The molecule has 2 aromatic carbocycles. The molecule has 0 spiro atoms. The fourth-order valence-corrected chi connectivity index (χ4v) is 5.37. The lowest BCUT2D eigenvalue weighted by Gasteiger charge is -2.21. The van der Waals surface area contributed by atoms with Gasteiger partial charge in [-0.05, 0) is 69.4 Å². The van der Waals surface area contributed by atoms with Crippen LogP contribution in [0, 0.1) is 0 Å². The quantitative estimate of drug-likeness (QED) is 0.607. The van der Waals surface area contributed by atoms with Gasteiger partial charge in [0.1, 0.15) is 0 Å². The summed E-state index contributed by atoms with van der Waals surface area (Å²) in [5.74, 6) is -0.753. The normalized spacial score (nSPS) is 16.0. The maximum Gasteiger partial charge on any atom is 0.419 e. The van der Waals surface area contributed by atoms with E-state index in [1.807, 2.05) is 25.9 Å². The number of benzene rings is 2. The summed E-state index contributed by atoms with van der Waals surface area (Å²) in [5.41, 5.74) is 3.47. The molecule has 1 atom stereocenters. The van der Waals surface area contributed by atoms with Gasteiger partial charge < -0.3 is 14.6 Å². The van der Waals surface area contributed by atoms with Crippen molar-refractivity contribution in [2.45, 2.75) is 25.9 Å². The molecule has 0 saturated heterocycles. The summed E-state index contributed by atoms with van der Waals surface area (Å²) < 4.78 is 32.4. The molecule has 0 bridgehead atoms. The number of rotatable bonds is 6. The number of hydrogen-bond acceptors (Lipinski definition) is 6. The van der Waals surface area contributed by atoms with Crippen molar-refractivity contribution in [3.63, 3.8) is 0 Å². The zero-order valence-corrected chi connectivity index (χ0v) is 19.3. The largest absolute Gasteiger partial charge is 0.419 e. The third-order valence-corrected chi connectivity index (χ3v) is 6.82. The Morgan fingerprint density at radius 1 is 1.22 bits per heavy atom. The number of likely N-dealkylation sites (N-methyl/N-ethyl adjacent to an activating group) is 1. The molecule has 9 nitrogen and oxygen atoms in total. The molecule has 170 valence electrons. The first-order chi connectivity index (χ1) is 15.0. The van der Waals surface area contributed by atoms with Crippen LogP contribution >= 0.6 is 0 Å². The fourth-order valence-electron chi connectivity index (χ4n) is 4.10. The Morgan fingerprint density at radius 3 is 2.66 bits per heavy atom. The molecular weight excluding hydrogens is 432 g/mol. The SMILES string of the molecule is CC1Cc2cc(C(=O)Nc3ccc4oc(=O)n(CCN(C)C)c4c3)ccc2N1S(C)(=O)=O. The Labute approximate surface area is 186 Å². The molecule has 0 fully saturated rings. The second-order valence-corrected chi connectivity index (χ2v) is 10.3. The summed E-state index contributed by atoms with van der Waals surface area (Å²) in [4.78, 5) is 27.0. The molecule has 0 aliphatic carbocycles. The Hall–Kier alpha value is -3.11. The van der Waals surface area contributed by atoms with Crippen LogP contribution in [0.3, 0.4) is 0 Å². The second kappa shape index (κ2) is 8.10. The van der Waals surface area contributed by atoms with E-state index >= 15 is 0 Å². The molecule has 1 aromatic heterocycles. The van der Waals surface area contributed by atoms with Gasteiger partial charge in [0.25, 0.3) is 5.91 Å². The minimum absolute atomic E-state index is 0.194. The number of anilines is 2. The molecule has 0 saturated carbocycles. The van der Waals surface area contributed by atoms with Crippen molar-refractivity contribution < 1.29 is 17.6 Å². The van der Waals surface area contributed by atoms with Crippen molar-refractivity contribution >= 4 is 38.4 Å². The van der Waals surface area contributed by atoms with Crippen molar-refractivity contribution in [1.29, 1.82) is 0 Å². The lowest BCUT2D eigenvalue weighted by molar-refractivity contribution is 0.102. The van der Waals surface area contributed by atoms with Gasteiger partial charge in [-0.25, -0.2) is 13.2 Å². The minimum atomic E-state index is -3.39. The van der Waals surface area contributed by atoms with Gasteiger partial charge in [0.2, 0.25) is 10.0 Å². The van der Waals surface area contributed by atoms with Gasteiger partial charge in [0, 0.05) is 30.4 Å². The van der Waals surface area contributed by atoms with Crippen LogP contribution in [0.5, 0.6) is 0 Å². The number of sulfonamides is 1. The van der Waals surface area contributed by atoms with Crippen LogP contribution < -0.4 is 15.4 Å². The molecule has 10 heteroatoms. The lowest BCUT2D eigenvalue weighted by atomic mass is 10.1. The van der Waals surface area contributed by atoms with E-state index in [4.69, 9.17) is 4.42 Å². The topological polar surface area (TPSA) is 105 Å². The fraction of sp³-hybridized carbons (Fsp3) is 0.364. The predicted molar refractivity (Wildman–Crippen MR) is 124 cm³/mol. The van der Waals surface area contributed by atoms with Crippen molar-refractivity contribution in [2.24, 2.45) is 0 Å². The standard InChI is InChI=1S/C22H26N4O5S/c1-14-11-16-12-15(5-7-18(16)26(14)32(4,29)30)21(27)23-17-6-8-20-19(13-17)25(22(28)31-20)10-9-24(2)3/h5-8,12-14H,9-11H2,1-4H3,(H,23,27). The molecule has 4 rings (SSSR count). The summed E-state index contributed by atoms with van der Waals surface area (Å²) in [6, 6.07) is 9.89. The van der Waals surface area contributed by atoms with Crippen LogP contribution in [-0.4, -0.2) is 56.7 Å². The number of carbonyl (C=O) groups is 1. The zero-order chi connectivity index (χ0) is 23.2. The van der Waals surface area contributed by atoms with Gasteiger partial charge in [-0.2, -0.15) is 0 Å². The monoisotopic (exact) mass is 458 g/mol. The molecule has 1 aliphatic heterocycles. The molecule has 2 heterocycles. The number of amides is 1. The Kier molecular flexibility index (Phi) is 5.59. The maximum atomic E-state index is 12.9. The molecule has 1 unspecified atom stereocenters. The van der Waals surface area contributed by atoms with Crippen molar-refractivity contribution in [3.8, 4) is 0 Å². The molecule has 1 aliphatic rings. The van der Waals surface area contributed by atoms with Crippen LogP contribution in [0.25, 0.3) is 11.1 Å².